The molecular formula is C23H24N2O3S2. The van der Waals surface area contributed by atoms with E-state index < -0.39 is 10.1 Å². The lowest BCUT2D eigenvalue weighted by atomic mass is 10.0. The monoisotopic (exact) mass is 440 g/mol. The maximum atomic E-state index is 12.6. The van der Waals surface area contributed by atoms with Gasteiger partial charge in [-0.15, -0.1) is 4.28 Å². The molecule has 4 rings (SSSR count). The van der Waals surface area contributed by atoms with E-state index in [1.54, 1.807) is 18.0 Å². The Balaban J connectivity index is 1.92. The van der Waals surface area contributed by atoms with Gasteiger partial charge in [0, 0.05) is 21.6 Å². The van der Waals surface area contributed by atoms with E-state index in [0.29, 0.717) is 6.42 Å². The van der Waals surface area contributed by atoms with Crippen molar-refractivity contribution in [2.75, 3.05) is 10.8 Å². The normalized spacial score (nSPS) is 13.1. The Morgan fingerprint density at radius 3 is 2.57 bits per heavy atom. The predicted octanol–water partition coefficient (Wildman–Crippen LogP) is 5.98. The first-order valence-corrected chi connectivity index (χ1v) is 12.5. The molecule has 0 N–H and O–H groups in total. The second-order valence-corrected chi connectivity index (χ2v) is 9.87. The van der Waals surface area contributed by atoms with Crippen LogP contribution in [0.25, 0.3) is 11.3 Å². The molecule has 5 nitrogen and oxygen atoms in total. The van der Waals surface area contributed by atoms with Crippen LogP contribution in [0, 0.1) is 0 Å². The van der Waals surface area contributed by atoms with Crippen LogP contribution in [0.3, 0.4) is 0 Å². The molecule has 0 atom stereocenters. The summed E-state index contributed by atoms with van der Waals surface area (Å²) in [6.07, 6.45) is 4.15. The van der Waals surface area contributed by atoms with Gasteiger partial charge in [0.25, 0.3) is 10.1 Å². The molecule has 3 aromatic rings. The largest absolute Gasteiger partial charge is 0.288 e. The van der Waals surface area contributed by atoms with E-state index in [4.69, 9.17) is 4.28 Å². The van der Waals surface area contributed by atoms with Crippen LogP contribution in [0.5, 0.6) is 0 Å². The van der Waals surface area contributed by atoms with Crippen LogP contribution in [-0.4, -0.2) is 19.2 Å². The highest BCUT2D eigenvalue weighted by molar-refractivity contribution is 7.99. The van der Waals surface area contributed by atoms with E-state index in [1.165, 1.54) is 5.06 Å². The van der Waals surface area contributed by atoms with Gasteiger partial charge in [-0.05, 0) is 42.7 Å². The Morgan fingerprint density at radius 2 is 1.77 bits per heavy atom. The van der Waals surface area contributed by atoms with E-state index in [2.05, 4.69) is 18.0 Å². The maximum absolute atomic E-state index is 12.6. The summed E-state index contributed by atoms with van der Waals surface area (Å²) in [7, 11) is -3.74. The third-order valence-corrected chi connectivity index (χ3v) is 7.21. The molecule has 0 aliphatic carbocycles. The third-order valence-electron chi connectivity index (χ3n) is 4.81. The van der Waals surface area contributed by atoms with Crippen LogP contribution < -0.4 is 5.06 Å². The molecule has 7 heteroatoms. The van der Waals surface area contributed by atoms with Crippen LogP contribution in [0.2, 0.25) is 0 Å². The molecule has 2 aromatic carbocycles. The number of aryl methyl sites for hydroxylation is 1. The molecule has 0 amide bonds. The molecule has 0 bridgehead atoms. The SMILES string of the molecule is CCCc1cccnc1-c1cccc2c1N(OS(=O)(=O)CCC)c1ccccc1S2. The number of benzene rings is 2. The maximum Gasteiger partial charge on any atom is 0.288 e. The Hall–Kier alpha value is -2.35. The Bertz CT molecular complexity index is 1160. The van der Waals surface area contributed by atoms with E-state index in [0.717, 1.165) is 50.8 Å². The zero-order chi connectivity index (χ0) is 21.1. The van der Waals surface area contributed by atoms with Gasteiger partial charge in [0.15, 0.2) is 0 Å². The molecule has 30 heavy (non-hydrogen) atoms. The lowest BCUT2D eigenvalue weighted by Gasteiger charge is -2.32. The van der Waals surface area contributed by atoms with Crippen molar-refractivity contribution in [2.45, 2.75) is 42.9 Å². The van der Waals surface area contributed by atoms with Crippen molar-refractivity contribution in [1.29, 1.82) is 0 Å². The summed E-state index contributed by atoms with van der Waals surface area (Å²) < 4.78 is 31.0. The quantitative estimate of drug-likeness (QED) is 0.451. The molecule has 2 heterocycles. The van der Waals surface area contributed by atoms with E-state index >= 15 is 0 Å². The van der Waals surface area contributed by atoms with Crippen molar-refractivity contribution in [3.05, 3.63) is 66.4 Å². The van der Waals surface area contributed by atoms with Crippen molar-refractivity contribution in [3.63, 3.8) is 0 Å². The summed E-state index contributed by atoms with van der Waals surface area (Å²) in [6.45, 7) is 3.96. The van der Waals surface area contributed by atoms with Crippen LogP contribution in [0.15, 0.2) is 70.6 Å². The van der Waals surface area contributed by atoms with Gasteiger partial charge in [0.2, 0.25) is 0 Å². The molecule has 0 fully saturated rings. The fourth-order valence-electron chi connectivity index (χ4n) is 3.59. The van der Waals surface area contributed by atoms with Gasteiger partial charge in [-0.3, -0.25) is 4.98 Å². The lowest BCUT2D eigenvalue weighted by Crippen LogP contribution is -2.27. The van der Waals surface area contributed by atoms with Crippen molar-refractivity contribution in [1.82, 2.24) is 4.98 Å². The Kier molecular flexibility index (Phi) is 6.13. The molecule has 0 spiro atoms. The highest BCUT2D eigenvalue weighted by Gasteiger charge is 2.31. The summed E-state index contributed by atoms with van der Waals surface area (Å²) in [5, 5.41) is 1.48. The number of nitrogens with zero attached hydrogens (tertiary/aromatic N) is 2. The molecule has 1 aliphatic rings. The van der Waals surface area contributed by atoms with Gasteiger partial charge >= 0.3 is 0 Å². The fourth-order valence-corrected chi connectivity index (χ4v) is 5.62. The summed E-state index contributed by atoms with van der Waals surface area (Å²) in [5.74, 6) is -0.0407. The molecule has 1 aliphatic heterocycles. The van der Waals surface area contributed by atoms with Crippen molar-refractivity contribution in [2.24, 2.45) is 0 Å². The molecule has 0 unspecified atom stereocenters. The van der Waals surface area contributed by atoms with Gasteiger partial charge < -0.3 is 0 Å². The van der Waals surface area contributed by atoms with Crippen LogP contribution in [0.4, 0.5) is 11.4 Å². The van der Waals surface area contributed by atoms with E-state index in [9.17, 15) is 8.42 Å². The topological polar surface area (TPSA) is 59.5 Å². The predicted molar refractivity (Wildman–Crippen MR) is 122 cm³/mol. The molecule has 0 saturated heterocycles. The summed E-state index contributed by atoms with van der Waals surface area (Å²) in [4.78, 5) is 6.54. The molecule has 0 saturated carbocycles. The number of hydrogen-bond donors (Lipinski definition) is 0. The number of anilines is 2. The zero-order valence-electron chi connectivity index (χ0n) is 17.0. The minimum Gasteiger partial charge on any atom is -0.256 e. The number of aromatic nitrogens is 1. The number of fused-ring (bicyclic) bond motifs is 2. The van der Waals surface area contributed by atoms with Gasteiger partial charge in [-0.2, -0.15) is 8.42 Å². The number of rotatable bonds is 7. The first-order valence-electron chi connectivity index (χ1n) is 10.1. The average Bonchev–Trinajstić information content (AvgIpc) is 2.73. The molecule has 156 valence electrons. The summed E-state index contributed by atoms with van der Waals surface area (Å²) in [5.41, 5.74) is 4.29. The van der Waals surface area contributed by atoms with Gasteiger partial charge in [0.05, 0.1) is 22.8 Å². The summed E-state index contributed by atoms with van der Waals surface area (Å²) in [6, 6.07) is 17.7. The van der Waals surface area contributed by atoms with Crippen molar-refractivity contribution < 1.29 is 12.7 Å². The van der Waals surface area contributed by atoms with Gasteiger partial charge in [0.1, 0.15) is 0 Å². The number of para-hydroxylation sites is 2. The molecule has 1 aromatic heterocycles. The number of pyridine rings is 1. The van der Waals surface area contributed by atoms with Crippen LogP contribution in [-0.2, 0) is 20.8 Å². The Labute approximate surface area is 182 Å². The summed E-state index contributed by atoms with van der Waals surface area (Å²) >= 11 is 1.61. The molecular weight excluding hydrogens is 416 g/mol. The second-order valence-electron chi connectivity index (χ2n) is 7.11. The minimum absolute atomic E-state index is 0.0407. The average molecular weight is 441 g/mol. The van der Waals surface area contributed by atoms with Gasteiger partial charge in [-0.1, -0.05) is 62.4 Å². The van der Waals surface area contributed by atoms with E-state index in [-0.39, 0.29) is 5.75 Å². The third kappa shape index (κ3) is 4.10. The zero-order valence-corrected chi connectivity index (χ0v) is 18.7. The lowest BCUT2D eigenvalue weighted by molar-refractivity contribution is 0.319. The van der Waals surface area contributed by atoms with Crippen molar-refractivity contribution in [3.8, 4) is 11.3 Å². The second kappa shape index (κ2) is 8.79. The fraction of sp³-hybridized carbons (Fsp3) is 0.261. The molecule has 0 radical (unpaired) electrons. The van der Waals surface area contributed by atoms with Crippen LogP contribution >= 0.6 is 11.8 Å². The smallest absolute Gasteiger partial charge is 0.256 e. The minimum atomic E-state index is -3.74. The highest BCUT2D eigenvalue weighted by Crippen LogP contribution is 2.52. The highest BCUT2D eigenvalue weighted by atomic mass is 32.2. The Morgan fingerprint density at radius 1 is 0.967 bits per heavy atom. The van der Waals surface area contributed by atoms with Crippen molar-refractivity contribution >= 4 is 33.3 Å². The number of hydrogen-bond acceptors (Lipinski definition) is 6. The van der Waals surface area contributed by atoms with Gasteiger partial charge in [-0.25, -0.2) is 5.06 Å². The standard InChI is InChI=1S/C23H24N2O3S2/c1-3-9-17-10-8-15-24-22(17)18-11-7-14-21-23(18)25(28-30(26,27)16-4-2)19-12-5-6-13-20(19)29-21/h5-8,10-15H,3-4,9,16H2,1-2H3. The first kappa shape index (κ1) is 20.9. The van der Waals surface area contributed by atoms with E-state index in [1.807, 2.05) is 55.5 Å². The van der Waals surface area contributed by atoms with Crippen LogP contribution in [0.1, 0.15) is 32.3 Å². The first-order chi connectivity index (χ1) is 14.5.